The van der Waals surface area contributed by atoms with Crippen LogP contribution in [-0.2, 0) is 0 Å². The topological polar surface area (TPSA) is 48.1 Å². The Balaban J connectivity index is 1.96. The van der Waals surface area contributed by atoms with Crippen LogP contribution in [0, 0.1) is 5.82 Å². The third-order valence-corrected chi connectivity index (χ3v) is 3.49. The molecule has 2 N–H and O–H groups in total. The zero-order chi connectivity index (χ0) is 11.8. The van der Waals surface area contributed by atoms with Crippen LogP contribution in [0.4, 0.5) is 4.39 Å². The highest BCUT2D eigenvalue weighted by molar-refractivity contribution is 7.07. The van der Waals surface area contributed by atoms with E-state index in [9.17, 15) is 4.39 Å². The highest BCUT2D eigenvalue weighted by atomic mass is 32.1. The molecule has 2 atom stereocenters. The van der Waals surface area contributed by atoms with E-state index in [-0.39, 0.29) is 18.0 Å². The van der Waals surface area contributed by atoms with Gasteiger partial charge < -0.3 is 10.5 Å². The third-order valence-electron chi connectivity index (χ3n) is 2.89. The minimum absolute atomic E-state index is 0.130. The molecule has 0 spiro atoms. The largest absolute Gasteiger partial charge is 0.484 e. The summed E-state index contributed by atoms with van der Waals surface area (Å²) in [5.74, 6) is 0.373. The Kier molecular flexibility index (Phi) is 2.57. The second kappa shape index (κ2) is 4.09. The van der Waals surface area contributed by atoms with Crippen molar-refractivity contribution in [2.24, 2.45) is 5.73 Å². The number of nitrogens with two attached hydrogens (primary N) is 1. The van der Waals surface area contributed by atoms with Crippen molar-refractivity contribution in [3.63, 3.8) is 0 Å². The lowest BCUT2D eigenvalue weighted by Gasteiger charge is -2.29. The van der Waals surface area contributed by atoms with E-state index in [0.29, 0.717) is 12.2 Å². The minimum atomic E-state index is -0.282. The van der Waals surface area contributed by atoms with Crippen LogP contribution in [0.15, 0.2) is 29.1 Å². The van der Waals surface area contributed by atoms with Gasteiger partial charge in [0.15, 0.2) is 0 Å². The number of nitrogens with zero attached hydrogens (tertiary/aromatic N) is 1. The summed E-state index contributed by atoms with van der Waals surface area (Å²) in [6.45, 7) is 0. The number of hydrogen-bond acceptors (Lipinski definition) is 4. The van der Waals surface area contributed by atoms with Gasteiger partial charge in [-0.1, -0.05) is 0 Å². The van der Waals surface area contributed by atoms with E-state index in [1.165, 1.54) is 23.5 Å². The highest BCUT2D eigenvalue weighted by Gasteiger charge is 2.28. The molecule has 0 aliphatic carbocycles. The summed E-state index contributed by atoms with van der Waals surface area (Å²) in [6.07, 6.45) is 0.495. The van der Waals surface area contributed by atoms with E-state index in [1.54, 1.807) is 11.6 Å². The summed E-state index contributed by atoms with van der Waals surface area (Å²) in [4.78, 5) is 4.23. The number of fused-ring (bicyclic) bond motifs is 1. The lowest BCUT2D eigenvalue weighted by atomic mass is 9.96. The fourth-order valence-corrected chi connectivity index (χ4v) is 2.63. The molecule has 17 heavy (non-hydrogen) atoms. The summed E-state index contributed by atoms with van der Waals surface area (Å²) in [5.41, 5.74) is 9.43. The second-order valence-electron chi connectivity index (χ2n) is 4.04. The van der Waals surface area contributed by atoms with Crippen molar-refractivity contribution in [3.05, 3.63) is 46.2 Å². The van der Waals surface area contributed by atoms with Crippen molar-refractivity contribution in [2.75, 3.05) is 0 Å². The second-order valence-corrected chi connectivity index (χ2v) is 4.76. The van der Waals surface area contributed by atoms with E-state index in [1.807, 2.05) is 5.38 Å². The summed E-state index contributed by atoms with van der Waals surface area (Å²) < 4.78 is 18.9. The molecule has 1 aliphatic heterocycles. The lowest BCUT2D eigenvalue weighted by molar-refractivity contribution is 0.157. The molecule has 3 nitrogen and oxygen atoms in total. The van der Waals surface area contributed by atoms with Gasteiger partial charge in [-0.25, -0.2) is 9.37 Å². The standard InChI is InChI=1S/C12H11FN2OS/c13-7-1-2-11-8(3-7)9(14)4-12(16-11)10-5-17-6-15-10/h1-3,5-6,9,12H,4,14H2/t9-,12?/m0/s1. The Labute approximate surface area is 102 Å². The van der Waals surface area contributed by atoms with E-state index >= 15 is 0 Å². The normalized spacial score (nSPS) is 22.9. The zero-order valence-corrected chi connectivity index (χ0v) is 9.78. The number of ether oxygens (including phenoxy) is 1. The third kappa shape index (κ3) is 1.92. The fourth-order valence-electron chi connectivity index (χ4n) is 2.04. The quantitative estimate of drug-likeness (QED) is 0.846. The molecule has 1 aromatic heterocycles. The molecule has 0 radical (unpaired) electrons. The van der Waals surface area contributed by atoms with Crippen LogP contribution < -0.4 is 10.5 Å². The number of aromatic nitrogens is 1. The van der Waals surface area contributed by atoms with Gasteiger partial charge in [-0.2, -0.15) is 0 Å². The van der Waals surface area contributed by atoms with Gasteiger partial charge in [0.1, 0.15) is 17.7 Å². The smallest absolute Gasteiger partial charge is 0.143 e. The van der Waals surface area contributed by atoms with Crippen LogP contribution in [0.1, 0.15) is 29.8 Å². The monoisotopic (exact) mass is 250 g/mol. The van der Waals surface area contributed by atoms with Crippen LogP contribution in [0.2, 0.25) is 0 Å². The molecule has 5 heteroatoms. The van der Waals surface area contributed by atoms with Crippen molar-refractivity contribution in [1.29, 1.82) is 0 Å². The van der Waals surface area contributed by atoms with Crippen molar-refractivity contribution in [1.82, 2.24) is 4.98 Å². The van der Waals surface area contributed by atoms with Gasteiger partial charge in [0.25, 0.3) is 0 Å². The number of hydrogen-bond donors (Lipinski definition) is 1. The number of benzene rings is 1. The van der Waals surface area contributed by atoms with Crippen molar-refractivity contribution in [2.45, 2.75) is 18.6 Å². The predicted molar refractivity (Wildman–Crippen MR) is 63.4 cm³/mol. The van der Waals surface area contributed by atoms with Crippen molar-refractivity contribution < 1.29 is 9.13 Å². The van der Waals surface area contributed by atoms with Crippen LogP contribution in [0.5, 0.6) is 5.75 Å². The van der Waals surface area contributed by atoms with Crippen LogP contribution >= 0.6 is 11.3 Å². The maximum atomic E-state index is 13.1. The van der Waals surface area contributed by atoms with Gasteiger partial charge in [-0.3, -0.25) is 0 Å². The Bertz CT molecular complexity index is 529. The molecular formula is C12H11FN2OS. The number of rotatable bonds is 1. The summed E-state index contributed by atoms with van der Waals surface area (Å²) in [5, 5.41) is 1.95. The van der Waals surface area contributed by atoms with Crippen LogP contribution in [0.25, 0.3) is 0 Å². The molecule has 1 unspecified atom stereocenters. The Hall–Kier alpha value is -1.46. The highest BCUT2D eigenvalue weighted by Crippen LogP contribution is 2.39. The van der Waals surface area contributed by atoms with Crippen molar-refractivity contribution in [3.8, 4) is 5.75 Å². The molecule has 0 saturated heterocycles. The maximum Gasteiger partial charge on any atom is 0.143 e. The van der Waals surface area contributed by atoms with Gasteiger partial charge in [-0.15, -0.1) is 11.3 Å². The fraction of sp³-hybridized carbons (Fsp3) is 0.250. The van der Waals surface area contributed by atoms with E-state index < -0.39 is 0 Å². The minimum Gasteiger partial charge on any atom is -0.484 e. The first kappa shape index (κ1) is 10.7. The summed E-state index contributed by atoms with van der Waals surface area (Å²) >= 11 is 1.53. The average Bonchev–Trinajstić information content (AvgIpc) is 2.83. The average molecular weight is 250 g/mol. The van der Waals surface area contributed by atoms with Crippen molar-refractivity contribution >= 4 is 11.3 Å². The number of thiazole rings is 1. The molecule has 88 valence electrons. The first-order valence-corrected chi connectivity index (χ1v) is 6.28. The van der Waals surface area contributed by atoms with Gasteiger partial charge >= 0.3 is 0 Å². The van der Waals surface area contributed by atoms with E-state index in [2.05, 4.69) is 4.98 Å². The van der Waals surface area contributed by atoms with Gasteiger partial charge in [-0.05, 0) is 18.2 Å². The van der Waals surface area contributed by atoms with Crippen LogP contribution in [0.3, 0.4) is 0 Å². The molecule has 0 saturated carbocycles. The molecule has 1 aromatic carbocycles. The Morgan fingerprint density at radius 3 is 3.12 bits per heavy atom. The molecular weight excluding hydrogens is 239 g/mol. The number of halogens is 1. The van der Waals surface area contributed by atoms with Crippen LogP contribution in [-0.4, -0.2) is 4.98 Å². The maximum absolute atomic E-state index is 13.1. The lowest BCUT2D eigenvalue weighted by Crippen LogP contribution is -2.24. The molecule has 3 rings (SSSR count). The Morgan fingerprint density at radius 2 is 2.35 bits per heavy atom. The molecule has 0 amide bonds. The summed E-state index contributed by atoms with van der Waals surface area (Å²) in [6, 6.07) is 4.25. The van der Waals surface area contributed by atoms with Gasteiger partial charge in [0, 0.05) is 23.4 Å². The molecule has 1 aliphatic rings. The molecule has 2 heterocycles. The SMILES string of the molecule is N[C@H]1CC(c2cscn2)Oc2ccc(F)cc21. The Morgan fingerprint density at radius 1 is 1.47 bits per heavy atom. The first-order valence-electron chi connectivity index (χ1n) is 5.34. The molecule has 2 aromatic rings. The molecule has 0 fully saturated rings. The van der Waals surface area contributed by atoms with E-state index in [0.717, 1.165) is 11.3 Å². The predicted octanol–water partition coefficient (Wildman–Crippen LogP) is 2.81. The first-order chi connectivity index (χ1) is 8.24. The van der Waals surface area contributed by atoms with Gasteiger partial charge in [0.2, 0.25) is 0 Å². The van der Waals surface area contributed by atoms with Gasteiger partial charge in [0.05, 0.1) is 11.2 Å². The molecule has 0 bridgehead atoms. The van der Waals surface area contributed by atoms with E-state index in [4.69, 9.17) is 10.5 Å². The summed E-state index contributed by atoms with van der Waals surface area (Å²) in [7, 11) is 0. The zero-order valence-electron chi connectivity index (χ0n) is 8.97.